The number of aryl methyl sites for hydroxylation is 1. The molecule has 0 spiro atoms. The number of hydrogen-bond acceptors (Lipinski definition) is 6. The van der Waals surface area contributed by atoms with Gasteiger partial charge in [-0.2, -0.15) is 0 Å². The summed E-state index contributed by atoms with van der Waals surface area (Å²) in [7, 11) is 5.14. The third-order valence-electron chi connectivity index (χ3n) is 5.89. The normalized spacial score (nSPS) is 13.6. The first-order valence-electron chi connectivity index (χ1n) is 11.0. The Morgan fingerprint density at radius 2 is 1.66 bits per heavy atom. The minimum absolute atomic E-state index is 0.108. The molecule has 0 atom stereocenters. The van der Waals surface area contributed by atoms with Crippen molar-refractivity contribution in [1.82, 2.24) is 4.57 Å². The average Bonchev–Trinajstić information content (AvgIpc) is 3.34. The maximum atomic E-state index is 13.0. The highest BCUT2D eigenvalue weighted by molar-refractivity contribution is 6.15. The Morgan fingerprint density at radius 1 is 0.943 bits per heavy atom. The standard InChI is InChI=1S/C28H23NO6/c1-29-16-18(23-14-20(33-3)9-11-24(23)29)13-26-28(31)22-10-8-21(15-25(22)35-26)34-27(30)12-17-4-6-19(32-2)7-5-17/h4-11,13-16H,12H2,1-3H3/b26-13-. The second-order valence-corrected chi connectivity index (χ2v) is 8.18. The molecule has 0 N–H and O–H groups in total. The fourth-order valence-electron chi connectivity index (χ4n) is 4.09. The van der Waals surface area contributed by atoms with Gasteiger partial charge in [0.15, 0.2) is 5.76 Å². The van der Waals surface area contributed by atoms with Crippen LogP contribution in [0.3, 0.4) is 0 Å². The third-order valence-corrected chi connectivity index (χ3v) is 5.89. The third kappa shape index (κ3) is 4.36. The van der Waals surface area contributed by atoms with Crippen molar-refractivity contribution in [3.8, 4) is 23.0 Å². The molecule has 3 aromatic carbocycles. The number of ketones is 1. The number of nitrogens with zero attached hydrogens (tertiary/aromatic N) is 1. The van der Waals surface area contributed by atoms with Crippen LogP contribution < -0.4 is 18.9 Å². The van der Waals surface area contributed by atoms with Gasteiger partial charge in [-0.1, -0.05) is 12.1 Å². The minimum Gasteiger partial charge on any atom is -0.497 e. The van der Waals surface area contributed by atoms with Crippen LogP contribution in [0, 0.1) is 0 Å². The number of carbonyl (C=O) groups excluding carboxylic acids is 2. The number of Topliss-reactive ketones (excluding diaryl/α,β-unsaturated/α-hetero) is 1. The average molecular weight is 469 g/mol. The van der Waals surface area contributed by atoms with Crippen molar-refractivity contribution < 1.29 is 28.5 Å². The lowest BCUT2D eigenvalue weighted by Crippen LogP contribution is -2.11. The van der Waals surface area contributed by atoms with Crippen LogP contribution in [0.5, 0.6) is 23.0 Å². The molecule has 0 fully saturated rings. The molecule has 2 heterocycles. The van der Waals surface area contributed by atoms with Crippen molar-refractivity contribution in [2.45, 2.75) is 6.42 Å². The largest absolute Gasteiger partial charge is 0.497 e. The Morgan fingerprint density at radius 3 is 2.40 bits per heavy atom. The minimum atomic E-state index is -0.417. The summed E-state index contributed by atoms with van der Waals surface area (Å²) in [4.78, 5) is 25.4. The summed E-state index contributed by atoms with van der Waals surface area (Å²) in [6.45, 7) is 0. The van der Waals surface area contributed by atoms with Gasteiger partial charge in [-0.25, -0.2) is 0 Å². The molecule has 7 nitrogen and oxygen atoms in total. The van der Waals surface area contributed by atoms with Crippen LogP contribution in [-0.4, -0.2) is 30.5 Å². The summed E-state index contributed by atoms with van der Waals surface area (Å²) >= 11 is 0. The van der Waals surface area contributed by atoms with Crippen LogP contribution in [0.1, 0.15) is 21.5 Å². The Hall–Kier alpha value is -4.52. The molecule has 5 rings (SSSR count). The highest BCUT2D eigenvalue weighted by Gasteiger charge is 2.28. The van der Waals surface area contributed by atoms with E-state index in [0.29, 0.717) is 22.8 Å². The van der Waals surface area contributed by atoms with Crippen molar-refractivity contribution >= 4 is 28.7 Å². The van der Waals surface area contributed by atoms with Gasteiger partial charge in [-0.05, 0) is 54.1 Å². The van der Waals surface area contributed by atoms with Gasteiger partial charge in [-0.15, -0.1) is 0 Å². The number of allylic oxidation sites excluding steroid dienone is 1. The second kappa shape index (κ2) is 9.02. The molecule has 0 amide bonds. The summed E-state index contributed by atoms with van der Waals surface area (Å²) in [5.41, 5.74) is 3.07. The second-order valence-electron chi connectivity index (χ2n) is 8.18. The van der Waals surface area contributed by atoms with E-state index in [1.807, 2.05) is 48.1 Å². The van der Waals surface area contributed by atoms with Crippen LogP contribution in [0.25, 0.3) is 17.0 Å². The van der Waals surface area contributed by atoms with Gasteiger partial charge in [0.25, 0.3) is 0 Å². The number of carbonyl (C=O) groups is 2. The monoisotopic (exact) mass is 469 g/mol. The topological polar surface area (TPSA) is 76.0 Å². The highest BCUT2D eigenvalue weighted by Crippen LogP contribution is 2.36. The predicted octanol–water partition coefficient (Wildman–Crippen LogP) is 4.96. The van der Waals surface area contributed by atoms with Crippen molar-refractivity contribution in [2.24, 2.45) is 7.05 Å². The van der Waals surface area contributed by atoms with Gasteiger partial charge in [0.05, 0.1) is 26.2 Å². The van der Waals surface area contributed by atoms with Crippen LogP contribution in [0.2, 0.25) is 0 Å². The number of ether oxygens (including phenoxy) is 4. The quantitative estimate of drug-likeness (QED) is 0.226. The van der Waals surface area contributed by atoms with Gasteiger partial charge in [-0.3, -0.25) is 9.59 Å². The number of fused-ring (bicyclic) bond motifs is 2. The molecule has 0 bridgehead atoms. The van der Waals surface area contributed by atoms with Crippen LogP contribution >= 0.6 is 0 Å². The summed E-state index contributed by atoms with van der Waals surface area (Å²) < 4.78 is 23.8. The number of aromatic nitrogens is 1. The van der Waals surface area contributed by atoms with E-state index in [9.17, 15) is 9.59 Å². The molecule has 4 aromatic rings. The van der Waals surface area contributed by atoms with Gasteiger partial charge < -0.3 is 23.5 Å². The van der Waals surface area contributed by atoms with E-state index in [4.69, 9.17) is 18.9 Å². The molecule has 0 saturated heterocycles. The molecule has 1 aliphatic rings. The van der Waals surface area contributed by atoms with Crippen LogP contribution in [0.15, 0.2) is 72.6 Å². The van der Waals surface area contributed by atoms with E-state index in [1.165, 1.54) is 0 Å². The van der Waals surface area contributed by atoms with E-state index in [0.717, 1.165) is 27.8 Å². The smallest absolute Gasteiger partial charge is 0.315 e. The van der Waals surface area contributed by atoms with Crippen molar-refractivity contribution in [3.63, 3.8) is 0 Å². The molecule has 7 heteroatoms. The predicted molar refractivity (Wildman–Crippen MR) is 131 cm³/mol. The maximum Gasteiger partial charge on any atom is 0.315 e. The van der Waals surface area contributed by atoms with E-state index in [1.54, 1.807) is 50.6 Å². The number of esters is 1. The van der Waals surface area contributed by atoms with E-state index < -0.39 is 5.97 Å². The first-order chi connectivity index (χ1) is 16.9. The fraction of sp³-hybridized carbons (Fsp3) is 0.143. The molecule has 0 saturated carbocycles. The van der Waals surface area contributed by atoms with E-state index in [2.05, 4.69) is 0 Å². The molecule has 1 aromatic heterocycles. The SMILES string of the molecule is COc1ccc(CC(=O)Oc2ccc3c(c2)O/C(=C\c2cn(C)c4ccc(OC)cc24)C3=O)cc1. The molecule has 1 aliphatic heterocycles. The summed E-state index contributed by atoms with van der Waals surface area (Å²) in [6.07, 6.45) is 3.76. The molecule has 0 radical (unpaired) electrons. The van der Waals surface area contributed by atoms with Gasteiger partial charge in [0.2, 0.25) is 5.78 Å². The zero-order valence-electron chi connectivity index (χ0n) is 19.5. The van der Waals surface area contributed by atoms with Crippen molar-refractivity contribution in [3.05, 3.63) is 89.3 Å². The fourth-order valence-corrected chi connectivity index (χ4v) is 4.09. The zero-order valence-corrected chi connectivity index (χ0v) is 19.5. The van der Waals surface area contributed by atoms with Gasteiger partial charge in [0, 0.05) is 35.8 Å². The van der Waals surface area contributed by atoms with E-state index in [-0.39, 0.29) is 18.0 Å². The maximum absolute atomic E-state index is 13.0. The Kier molecular flexibility index (Phi) is 5.74. The molecule has 35 heavy (non-hydrogen) atoms. The first kappa shape index (κ1) is 22.3. The number of methoxy groups -OCH3 is 2. The Labute approximate surface area is 202 Å². The lowest BCUT2D eigenvalue weighted by Gasteiger charge is -2.06. The molecule has 0 unspecified atom stereocenters. The lowest BCUT2D eigenvalue weighted by molar-refractivity contribution is -0.133. The number of benzene rings is 3. The van der Waals surface area contributed by atoms with Crippen molar-refractivity contribution in [1.29, 1.82) is 0 Å². The summed E-state index contributed by atoms with van der Waals surface area (Å²) in [6, 6.07) is 17.8. The van der Waals surface area contributed by atoms with Crippen LogP contribution in [-0.2, 0) is 18.3 Å². The molecular weight excluding hydrogens is 446 g/mol. The molecule has 0 aliphatic carbocycles. The van der Waals surface area contributed by atoms with Crippen LogP contribution in [0.4, 0.5) is 0 Å². The lowest BCUT2D eigenvalue weighted by atomic mass is 10.1. The van der Waals surface area contributed by atoms with Crippen molar-refractivity contribution in [2.75, 3.05) is 14.2 Å². The first-order valence-corrected chi connectivity index (χ1v) is 11.0. The van der Waals surface area contributed by atoms with Gasteiger partial charge in [0.1, 0.15) is 23.0 Å². The Bertz CT molecular complexity index is 1480. The molecular formula is C28H23NO6. The zero-order chi connectivity index (χ0) is 24.5. The molecule has 176 valence electrons. The highest BCUT2D eigenvalue weighted by atomic mass is 16.5. The Balaban J connectivity index is 1.35. The summed E-state index contributed by atoms with van der Waals surface area (Å²) in [5, 5.41) is 0.944. The van der Waals surface area contributed by atoms with E-state index >= 15 is 0 Å². The summed E-state index contributed by atoms with van der Waals surface area (Å²) in [5.74, 6) is 1.67. The number of rotatable bonds is 6. The number of hydrogen-bond donors (Lipinski definition) is 0. The van der Waals surface area contributed by atoms with Gasteiger partial charge >= 0.3 is 5.97 Å².